The summed E-state index contributed by atoms with van der Waals surface area (Å²) in [6.45, 7) is 0.823. The van der Waals surface area contributed by atoms with Crippen LogP contribution in [0.25, 0.3) is 0 Å². The highest BCUT2D eigenvalue weighted by Gasteiger charge is 2.30. The Kier molecular flexibility index (Phi) is 6.55. The van der Waals surface area contributed by atoms with Crippen molar-refractivity contribution < 1.29 is 22.7 Å². The summed E-state index contributed by atoms with van der Waals surface area (Å²) in [5.74, 6) is -0.692. The summed E-state index contributed by atoms with van der Waals surface area (Å²) in [5.41, 5.74) is 0.824. The molecule has 0 aromatic heterocycles. The van der Waals surface area contributed by atoms with E-state index in [2.05, 4.69) is 0 Å². The third-order valence-corrected chi connectivity index (χ3v) is 5.56. The Morgan fingerprint density at radius 1 is 1.20 bits per heavy atom. The lowest BCUT2D eigenvalue weighted by Gasteiger charge is -2.32. The van der Waals surface area contributed by atoms with Crippen molar-refractivity contribution in [3.05, 3.63) is 35.9 Å². The summed E-state index contributed by atoms with van der Waals surface area (Å²) in [7, 11) is -2.16. The monoisotopic (exact) mass is 368 g/mol. The lowest BCUT2D eigenvalue weighted by atomic mass is 9.97. The molecule has 0 saturated carbocycles. The molecule has 0 N–H and O–H groups in total. The highest BCUT2D eigenvalue weighted by atomic mass is 32.2. The first kappa shape index (κ1) is 19.4. The first-order valence-electron chi connectivity index (χ1n) is 8.16. The summed E-state index contributed by atoms with van der Waals surface area (Å²) < 4.78 is 30.0. The third kappa shape index (κ3) is 5.54. The molecule has 0 bridgehead atoms. The molecule has 1 saturated heterocycles. The summed E-state index contributed by atoms with van der Waals surface area (Å²) in [6, 6.07) is 9.16. The molecule has 8 heteroatoms. The molecule has 1 heterocycles. The van der Waals surface area contributed by atoms with Gasteiger partial charge in [-0.1, -0.05) is 30.3 Å². The predicted molar refractivity (Wildman–Crippen MR) is 93.0 cm³/mol. The second-order valence-electron chi connectivity index (χ2n) is 6.19. The normalized spacial score (nSPS) is 16.0. The van der Waals surface area contributed by atoms with Crippen LogP contribution in [0.15, 0.2) is 30.3 Å². The predicted octanol–water partition coefficient (Wildman–Crippen LogP) is 0.860. The van der Waals surface area contributed by atoms with Crippen molar-refractivity contribution >= 4 is 21.9 Å². The van der Waals surface area contributed by atoms with E-state index in [4.69, 9.17) is 4.74 Å². The van der Waals surface area contributed by atoms with Crippen LogP contribution >= 0.6 is 0 Å². The van der Waals surface area contributed by atoms with E-state index in [-0.39, 0.29) is 30.9 Å². The minimum atomic E-state index is -3.51. The number of piperidine rings is 1. The van der Waals surface area contributed by atoms with Crippen molar-refractivity contribution in [2.75, 3.05) is 33.0 Å². The number of benzene rings is 1. The van der Waals surface area contributed by atoms with Crippen LogP contribution in [0.5, 0.6) is 0 Å². The molecule has 1 fully saturated rings. The SMILES string of the molecule is COC(=O)C1CCN(C(=O)CN(Cc2ccccc2)S(C)(=O)=O)CC1. The van der Waals surface area contributed by atoms with Crippen LogP contribution in [0.4, 0.5) is 0 Å². The number of rotatable bonds is 6. The van der Waals surface area contributed by atoms with Crippen LogP contribution in [-0.4, -0.2) is 62.5 Å². The molecule has 1 amide bonds. The van der Waals surface area contributed by atoms with Gasteiger partial charge in [0.1, 0.15) is 0 Å². The Morgan fingerprint density at radius 3 is 2.32 bits per heavy atom. The highest BCUT2D eigenvalue weighted by molar-refractivity contribution is 7.88. The van der Waals surface area contributed by atoms with Gasteiger partial charge in [-0.25, -0.2) is 8.42 Å². The smallest absolute Gasteiger partial charge is 0.308 e. The zero-order valence-corrected chi connectivity index (χ0v) is 15.4. The Hall–Kier alpha value is -1.93. The fraction of sp³-hybridized carbons (Fsp3) is 0.529. The number of nitrogens with zero attached hydrogens (tertiary/aromatic N) is 2. The average Bonchev–Trinajstić information content (AvgIpc) is 2.60. The second kappa shape index (κ2) is 8.44. The van der Waals surface area contributed by atoms with E-state index in [1.807, 2.05) is 30.3 Å². The Morgan fingerprint density at radius 2 is 1.80 bits per heavy atom. The van der Waals surface area contributed by atoms with Gasteiger partial charge < -0.3 is 9.64 Å². The van der Waals surface area contributed by atoms with Crippen LogP contribution in [0.3, 0.4) is 0 Å². The maximum Gasteiger partial charge on any atom is 0.308 e. The summed E-state index contributed by atoms with van der Waals surface area (Å²) in [4.78, 5) is 25.7. The van der Waals surface area contributed by atoms with Gasteiger partial charge in [0.2, 0.25) is 15.9 Å². The minimum absolute atomic E-state index is 0.157. The summed E-state index contributed by atoms with van der Waals surface area (Å²) >= 11 is 0. The number of esters is 1. The standard InChI is InChI=1S/C17H24N2O5S/c1-24-17(21)15-8-10-18(11-9-15)16(20)13-19(25(2,22)23)12-14-6-4-3-5-7-14/h3-7,15H,8-13H2,1-2H3. The van der Waals surface area contributed by atoms with Gasteiger partial charge in [-0.05, 0) is 18.4 Å². The van der Waals surface area contributed by atoms with Crippen LogP contribution in [0.2, 0.25) is 0 Å². The maximum absolute atomic E-state index is 12.5. The van der Waals surface area contributed by atoms with Crippen molar-refractivity contribution in [2.45, 2.75) is 19.4 Å². The molecule has 7 nitrogen and oxygen atoms in total. The summed E-state index contributed by atoms with van der Waals surface area (Å²) in [5, 5.41) is 0. The molecule has 0 unspecified atom stereocenters. The zero-order chi connectivity index (χ0) is 18.4. The van der Waals surface area contributed by atoms with Gasteiger partial charge in [0.15, 0.2) is 0 Å². The van der Waals surface area contributed by atoms with Crippen LogP contribution in [0, 0.1) is 5.92 Å². The molecule has 0 spiro atoms. The maximum atomic E-state index is 12.5. The van der Waals surface area contributed by atoms with E-state index in [1.54, 1.807) is 4.90 Å². The summed E-state index contributed by atoms with van der Waals surface area (Å²) in [6.07, 6.45) is 2.18. The van der Waals surface area contributed by atoms with E-state index >= 15 is 0 Å². The number of ether oxygens (including phenoxy) is 1. The van der Waals surface area contributed by atoms with Gasteiger partial charge in [0, 0.05) is 19.6 Å². The van der Waals surface area contributed by atoms with Crippen molar-refractivity contribution in [3.63, 3.8) is 0 Å². The molecule has 0 aliphatic carbocycles. The van der Waals surface area contributed by atoms with E-state index in [1.165, 1.54) is 11.4 Å². The highest BCUT2D eigenvalue weighted by Crippen LogP contribution is 2.19. The third-order valence-electron chi connectivity index (χ3n) is 4.36. The molecule has 0 radical (unpaired) electrons. The van der Waals surface area contributed by atoms with Crippen molar-refractivity contribution in [1.82, 2.24) is 9.21 Å². The largest absolute Gasteiger partial charge is 0.469 e. The Bertz CT molecular complexity index is 697. The van der Waals surface area contributed by atoms with Gasteiger partial charge in [0.05, 0.1) is 25.8 Å². The van der Waals surface area contributed by atoms with E-state index in [0.717, 1.165) is 11.8 Å². The zero-order valence-electron chi connectivity index (χ0n) is 14.6. The molecule has 1 aliphatic rings. The van der Waals surface area contributed by atoms with Crippen LogP contribution in [0.1, 0.15) is 18.4 Å². The van der Waals surface area contributed by atoms with Gasteiger partial charge in [-0.15, -0.1) is 0 Å². The molecule has 25 heavy (non-hydrogen) atoms. The minimum Gasteiger partial charge on any atom is -0.469 e. The Labute approximate surface area is 148 Å². The van der Waals surface area contributed by atoms with Crippen LogP contribution in [-0.2, 0) is 30.9 Å². The number of amides is 1. The topological polar surface area (TPSA) is 84.0 Å². The number of methoxy groups -OCH3 is 1. The number of hydrogen-bond acceptors (Lipinski definition) is 5. The number of carbonyl (C=O) groups is 2. The number of hydrogen-bond donors (Lipinski definition) is 0. The first-order chi connectivity index (χ1) is 11.8. The van der Waals surface area contributed by atoms with Gasteiger partial charge in [-0.3, -0.25) is 9.59 Å². The molecule has 1 aliphatic heterocycles. The molecular formula is C17H24N2O5S. The number of sulfonamides is 1. The van der Waals surface area contributed by atoms with Crippen molar-refractivity contribution in [3.8, 4) is 0 Å². The fourth-order valence-corrected chi connectivity index (χ4v) is 3.59. The van der Waals surface area contributed by atoms with Gasteiger partial charge in [0.25, 0.3) is 0 Å². The average molecular weight is 368 g/mol. The van der Waals surface area contributed by atoms with Crippen LogP contribution < -0.4 is 0 Å². The van der Waals surface area contributed by atoms with Crippen molar-refractivity contribution in [2.24, 2.45) is 5.92 Å². The molecule has 1 aromatic rings. The molecular weight excluding hydrogens is 344 g/mol. The van der Waals surface area contributed by atoms with Crippen molar-refractivity contribution in [1.29, 1.82) is 0 Å². The van der Waals surface area contributed by atoms with E-state index < -0.39 is 10.0 Å². The lowest BCUT2D eigenvalue weighted by Crippen LogP contribution is -2.46. The molecule has 0 atom stereocenters. The second-order valence-corrected chi connectivity index (χ2v) is 8.18. The Balaban J connectivity index is 1.97. The van der Waals surface area contributed by atoms with Gasteiger partial charge in [-0.2, -0.15) is 4.31 Å². The van der Waals surface area contributed by atoms with E-state index in [9.17, 15) is 18.0 Å². The number of likely N-dealkylation sites (tertiary alicyclic amines) is 1. The lowest BCUT2D eigenvalue weighted by molar-refractivity contribution is -0.148. The molecule has 1 aromatic carbocycles. The first-order valence-corrected chi connectivity index (χ1v) is 10.0. The number of carbonyl (C=O) groups excluding carboxylic acids is 2. The molecule has 2 rings (SSSR count). The van der Waals surface area contributed by atoms with Gasteiger partial charge >= 0.3 is 5.97 Å². The molecule has 138 valence electrons. The fourth-order valence-electron chi connectivity index (χ4n) is 2.86. The van der Waals surface area contributed by atoms with E-state index in [0.29, 0.717) is 25.9 Å². The quantitative estimate of drug-likeness (QED) is 0.696.